The van der Waals surface area contributed by atoms with Crippen LogP contribution >= 0.6 is 0 Å². The molecule has 16 aromatic rings. The van der Waals surface area contributed by atoms with Gasteiger partial charge in [0.25, 0.3) is 0 Å². The minimum Gasteiger partial charge on any atom is -0.305 e. The molecule has 6 aromatic heterocycles. The van der Waals surface area contributed by atoms with E-state index in [1.54, 1.807) is 0 Å². The van der Waals surface area contributed by atoms with Gasteiger partial charge in [0, 0.05) is 48.7 Å². The zero-order valence-electron chi connectivity index (χ0n) is 44.7. The van der Waals surface area contributed by atoms with E-state index in [9.17, 15) is 0 Å². The van der Waals surface area contributed by atoms with Crippen LogP contribution in [0.5, 0.6) is 0 Å². The van der Waals surface area contributed by atoms with Crippen LogP contribution in [-0.4, -0.2) is 28.2 Å². The van der Waals surface area contributed by atoms with Crippen LogP contribution in [0.15, 0.2) is 286 Å². The molecule has 0 aliphatic heterocycles. The van der Waals surface area contributed by atoms with Gasteiger partial charge in [-0.2, -0.15) is 0 Å². The third-order valence-corrected chi connectivity index (χ3v) is 16.4. The molecule has 0 unspecified atom stereocenters. The van der Waals surface area contributed by atoms with Gasteiger partial charge in [-0.25, -0.2) is 9.97 Å². The quantitative estimate of drug-likeness (QED) is 0.147. The van der Waals surface area contributed by atoms with Crippen molar-refractivity contribution in [2.24, 2.45) is 0 Å². The van der Waals surface area contributed by atoms with Crippen molar-refractivity contribution in [2.45, 2.75) is 0 Å². The van der Waals surface area contributed by atoms with E-state index in [1.165, 1.54) is 0 Å². The van der Waals surface area contributed by atoms with E-state index >= 15 is 19.2 Å². The maximum atomic E-state index is 15.2. The molecule has 394 valence electrons. The van der Waals surface area contributed by atoms with Gasteiger partial charge in [-0.1, -0.05) is 158 Å². The van der Waals surface area contributed by atoms with Gasteiger partial charge in [-0.15, -0.1) is 0 Å². The first-order valence-corrected chi connectivity index (χ1v) is 27.7. The third kappa shape index (κ3) is 7.24. The van der Waals surface area contributed by atoms with Gasteiger partial charge in [-0.05, 0) is 120 Å². The maximum absolute atomic E-state index is 15.2. The highest BCUT2D eigenvalue weighted by atomic mass is 16.1. The molecular weight excluding hydrogens is 1040 g/mol. The van der Waals surface area contributed by atoms with Crippen molar-refractivity contribution >= 4 is 87.2 Å². The molecule has 0 fully saturated rings. The maximum Gasteiger partial charge on any atom is 0.197 e. The van der Waals surface area contributed by atoms with Crippen molar-refractivity contribution in [3.63, 3.8) is 0 Å². The second-order valence-corrected chi connectivity index (χ2v) is 21.0. The summed E-state index contributed by atoms with van der Waals surface area (Å²) in [5.41, 5.74) is 9.37. The van der Waals surface area contributed by atoms with E-state index in [-0.39, 0.29) is 21.7 Å². The predicted molar refractivity (Wildman–Crippen MR) is 341 cm³/mol. The van der Waals surface area contributed by atoms with Crippen molar-refractivity contribution in [3.8, 4) is 56.7 Å². The lowest BCUT2D eigenvalue weighted by Gasteiger charge is -2.30. The summed E-state index contributed by atoms with van der Waals surface area (Å²) in [6.45, 7) is 0. The summed E-state index contributed by atoms with van der Waals surface area (Å²) < 4.78 is 8.39. The predicted octanol–water partition coefficient (Wildman–Crippen LogP) is 15.3. The second kappa shape index (κ2) is 19.0. The zero-order valence-corrected chi connectivity index (χ0v) is 44.7. The average molecular weight is 1080 g/mol. The smallest absolute Gasteiger partial charge is 0.197 e. The lowest BCUT2D eigenvalue weighted by atomic mass is 9.97. The summed E-state index contributed by atoms with van der Waals surface area (Å²) in [6.07, 6.45) is 0. The van der Waals surface area contributed by atoms with Gasteiger partial charge in [-0.3, -0.25) is 28.3 Å². The fourth-order valence-corrected chi connectivity index (χ4v) is 12.7. The minimum atomic E-state index is -0.149. The summed E-state index contributed by atoms with van der Waals surface area (Å²) in [7, 11) is 0. The highest BCUT2D eigenvalue weighted by Crippen LogP contribution is 2.46. The largest absolute Gasteiger partial charge is 0.305 e. The Balaban J connectivity index is 1.30. The number of hydrogen-bond donors (Lipinski definition) is 0. The Morgan fingerprint density at radius 3 is 0.786 bits per heavy atom. The topological polar surface area (TPSA) is 114 Å². The Hall–Kier alpha value is -11.6. The Morgan fingerprint density at radius 1 is 0.226 bits per heavy atom. The minimum absolute atomic E-state index is 0.149. The molecule has 0 radical (unpaired) electrons. The number of benzene rings is 10. The van der Waals surface area contributed by atoms with Gasteiger partial charge < -0.3 is 9.13 Å². The standard InChI is InChI=1S/C74H44N6O4/c81-69-48-27-7-15-35-58(48)77(59-36-16-8-28-49(59)69)67-66(57-44-47(45-23-3-1-4-24-45)43-56(75-57)46-25-5-2-6-26-46)68(78-60-37-17-9-29-50(60)70(82)51-30-10-18-38-61(51)78)74(80-64-41-21-13-33-54(64)72(84)55-34-14-22-42-65(55)80)76-73(67)79-62-39-19-11-31-52(62)71(83)53-32-12-20-40-63(53)79/h1-44H. The van der Waals surface area contributed by atoms with E-state index in [1.807, 2.05) is 231 Å². The molecule has 0 N–H and O–H groups in total. The molecule has 0 aliphatic carbocycles. The monoisotopic (exact) mass is 1080 g/mol. The van der Waals surface area contributed by atoms with E-state index in [0.29, 0.717) is 127 Å². The molecule has 10 nitrogen and oxygen atoms in total. The molecule has 10 aromatic carbocycles. The van der Waals surface area contributed by atoms with Crippen LogP contribution < -0.4 is 21.7 Å². The Morgan fingerprint density at radius 2 is 0.476 bits per heavy atom. The van der Waals surface area contributed by atoms with Crippen LogP contribution in [0, 0.1) is 0 Å². The van der Waals surface area contributed by atoms with Crippen molar-refractivity contribution < 1.29 is 0 Å². The Bertz CT molecular complexity index is 5140. The second-order valence-electron chi connectivity index (χ2n) is 21.0. The first kappa shape index (κ1) is 48.3. The zero-order chi connectivity index (χ0) is 56.2. The number of pyridine rings is 6. The van der Waals surface area contributed by atoms with Gasteiger partial charge in [0.1, 0.15) is 11.4 Å². The molecule has 6 heterocycles. The van der Waals surface area contributed by atoms with Crippen LogP contribution in [0.25, 0.3) is 144 Å². The van der Waals surface area contributed by atoms with Crippen molar-refractivity contribution in [1.82, 2.24) is 28.2 Å². The molecule has 0 saturated heterocycles. The summed E-state index contributed by atoms with van der Waals surface area (Å²) >= 11 is 0. The fourth-order valence-electron chi connectivity index (χ4n) is 12.7. The molecule has 10 heteroatoms. The van der Waals surface area contributed by atoms with E-state index in [4.69, 9.17) is 9.97 Å². The number of fused-ring (bicyclic) bond motifs is 8. The third-order valence-electron chi connectivity index (χ3n) is 16.4. The van der Waals surface area contributed by atoms with Crippen LogP contribution in [0.3, 0.4) is 0 Å². The first-order valence-electron chi connectivity index (χ1n) is 27.7. The molecule has 16 rings (SSSR count). The highest BCUT2D eigenvalue weighted by Gasteiger charge is 2.33. The fraction of sp³-hybridized carbons (Fsp3) is 0. The highest BCUT2D eigenvalue weighted by molar-refractivity contribution is 6.06. The number of para-hydroxylation sites is 8. The van der Waals surface area contributed by atoms with Crippen molar-refractivity contribution in [3.05, 3.63) is 308 Å². The molecule has 0 saturated carbocycles. The molecule has 84 heavy (non-hydrogen) atoms. The number of nitrogens with zero attached hydrogens (tertiary/aromatic N) is 6. The SMILES string of the molecule is O=c1c2ccccc2n(-c2nc(-n3c4ccccc4c(=O)c4ccccc43)c(-n3c4ccccc4c(=O)c4ccccc43)c(-c3cc(-c4ccccc4)cc(-c4ccccc4)n3)c2-n2c3ccccc3c(=O)c3ccccc32)c2ccccc12. The summed E-state index contributed by atoms with van der Waals surface area (Å²) in [4.78, 5) is 72.5. The lowest BCUT2D eigenvalue weighted by Crippen LogP contribution is -2.22. The van der Waals surface area contributed by atoms with Crippen LogP contribution in [0.1, 0.15) is 0 Å². The molecule has 0 bridgehead atoms. The first-order chi connectivity index (χ1) is 41.4. The van der Waals surface area contributed by atoms with Gasteiger partial charge in [0.05, 0.1) is 61.1 Å². The number of hydrogen-bond acceptors (Lipinski definition) is 6. The number of rotatable bonds is 7. The van der Waals surface area contributed by atoms with E-state index < -0.39 is 0 Å². The molecular formula is C74H44N6O4. The molecule has 0 atom stereocenters. The summed E-state index contributed by atoms with van der Waals surface area (Å²) in [5.74, 6) is 0.731. The van der Waals surface area contributed by atoms with Crippen LogP contribution in [-0.2, 0) is 0 Å². The van der Waals surface area contributed by atoms with E-state index in [2.05, 4.69) is 54.7 Å². The lowest BCUT2D eigenvalue weighted by molar-refractivity contribution is 0.951. The average Bonchev–Trinajstić information content (AvgIpc) is 1.97. The van der Waals surface area contributed by atoms with Crippen LogP contribution in [0.4, 0.5) is 0 Å². The molecule has 0 spiro atoms. The molecule has 0 amide bonds. The Labute approximate surface area is 477 Å². The summed E-state index contributed by atoms with van der Waals surface area (Å²) in [6, 6.07) is 85.4. The van der Waals surface area contributed by atoms with Gasteiger partial charge in [0.2, 0.25) is 0 Å². The summed E-state index contributed by atoms with van der Waals surface area (Å²) in [5, 5.41) is 3.66. The normalized spacial score (nSPS) is 11.8. The van der Waals surface area contributed by atoms with Crippen molar-refractivity contribution in [2.75, 3.05) is 0 Å². The van der Waals surface area contributed by atoms with E-state index in [0.717, 1.165) is 16.7 Å². The van der Waals surface area contributed by atoms with Gasteiger partial charge >= 0.3 is 0 Å². The van der Waals surface area contributed by atoms with Crippen molar-refractivity contribution in [1.29, 1.82) is 0 Å². The van der Waals surface area contributed by atoms with Gasteiger partial charge in [0.15, 0.2) is 33.4 Å². The molecule has 0 aliphatic rings. The number of aromatic nitrogens is 6. The van der Waals surface area contributed by atoms with Crippen LogP contribution in [0.2, 0.25) is 0 Å². The Kier molecular flexibility index (Phi) is 10.9.